The SMILES string of the molecule is CC(=O)C1CCN(N)C1. The van der Waals surface area contributed by atoms with Crippen LogP contribution in [0.4, 0.5) is 0 Å². The largest absolute Gasteiger partial charge is 0.300 e. The minimum Gasteiger partial charge on any atom is -0.300 e. The van der Waals surface area contributed by atoms with E-state index in [0.29, 0.717) is 0 Å². The lowest BCUT2D eigenvalue weighted by Crippen LogP contribution is -2.28. The molecule has 1 atom stereocenters. The van der Waals surface area contributed by atoms with Crippen LogP contribution in [0.3, 0.4) is 0 Å². The number of nitrogens with two attached hydrogens (primary N) is 1. The van der Waals surface area contributed by atoms with Crippen molar-refractivity contribution in [2.24, 2.45) is 11.8 Å². The average molecular weight is 128 g/mol. The second kappa shape index (κ2) is 2.45. The van der Waals surface area contributed by atoms with Gasteiger partial charge in [0.2, 0.25) is 0 Å². The van der Waals surface area contributed by atoms with Gasteiger partial charge in [-0.2, -0.15) is 0 Å². The van der Waals surface area contributed by atoms with E-state index in [4.69, 9.17) is 5.84 Å². The van der Waals surface area contributed by atoms with Crippen molar-refractivity contribution in [3.05, 3.63) is 0 Å². The summed E-state index contributed by atoms with van der Waals surface area (Å²) in [7, 11) is 0. The Morgan fingerprint density at radius 3 is 2.67 bits per heavy atom. The molecule has 0 aromatic rings. The van der Waals surface area contributed by atoms with Gasteiger partial charge in [-0.1, -0.05) is 0 Å². The predicted octanol–water partition coefficient (Wildman–Crippen LogP) is -0.229. The molecule has 0 radical (unpaired) electrons. The van der Waals surface area contributed by atoms with Gasteiger partial charge in [0.05, 0.1) is 0 Å². The fraction of sp³-hybridized carbons (Fsp3) is 0.833. The summed E-state index contributed by atoms with van der Waals surface area (Å²) in [6, 6.07) is 0. The molecule has 1 unspecified atom stereocenters. The number of carbonyl (C=O) groups excluding carboxylic acids is 1. The van der Waals surface area contributed by atoms with Crippen LogP contribution in [0.25, 0.3) is 0 Å². The highest BCUT2D eigenvalue weighted by atomic mass is 16.1. The minimum atomic E-state index is 0.204. The third-order valence-corrected chi connectivity index (χ3v) is 1.79. The summed E-state index contributed by atoms with van der Waals surface area (Å²) in [6.45, 7) is 3.24. The lowest BCUT2D eigenvalue weighted by molar-refractivity contribution is -0.120. The van der Waals surface area contributed by atoms with Crippen molar-refractivity contribution in [2.75, 3.05) is 13.1 Å². The van der Waals surface area contributed by atoms with Gasteiger partial charge in [-0.05, 0) is 13.3 Å². The first-order chi connectivity index (χ1) is 4.20. The molecule has 1 saturated heterocycles. The molecule has 1 heterocycles. The molecule has 0 spiro atoms. The van der Waals surface area contributed by atoms with Crippen LogP contribution in [0.2, 0.25) is 0 Å². The molecule has 1 fully saturated rings. The van der Waals surface area contributed by atoms with Gasteiger partial charge in [-0.15, -0.1) is 0 Å². The number of ketones is 1. The zero-order chi connectivity index (χ0) is 6.85. The van der Waals surface area contributed by atoms with Gasteiger partial charge >= 0.3 is 0 Å². The first kappa shape index (κ1) is 6.71. The third-order valence-electron chi connectivity index (χ3n) is 1.79. The fourth-order valence-electron chi connectivity index (χ4n) is 1.12. The van der Waals surface area contributed by atoms with Crippen LogP contribution in [0.15, 0.2) is 0 Å². The van der Waals surface area contributed by atoms with Crippen molar-refractivity contribution in [1.29, 1.82) is 0 Å². The Balaban J connectivity index is 2.39. The lowest BCUT2D eigenvalue weighted by Gasteiger charge is -2.05. The summed E-state index contributed by atoms with van der Waals surface area (Å²) in [5, 5.41) is 1.70. The van der Waals surface area contributed by atoms with E-state index in [1.165, 1.54) is 0 Å². The molecule has 3 heteroatoms. The molecule has 1 aliphatic rings. The zero-order valence-corrected chi connectivity index (χ0v) is 5.63. The highest BCUT2D eigenvalue weighted by Gasteiger charge is 2.22. The van der Waals surface area contributed by atoms with E-state index in [-0.39, 0.29) is 11.7 Å². The Morgan fingerprint density at radius 2 is 2.44 bits per heavy atom. The number of rotatable bonds is 1. The molecule has 0 bridgehead atoms. The predicted molar refractivity (Wildman–Crippen MR) is 34.5 cm³/mol. The molecule has 2 N–H and O–H groups in total. The fourth-order valence-corrected chi connectivity index (χ4v) is 1.12. The Kier molecular flexibility index (Phi) is 1.83. The number of carbonyl (C=O) groups is 1. The summed E-state index contributed by atoms with van der Waals surface area (Å²) < 4.78 is 0. The summed E-state index contributed by atoms with van der Waals surface area (Å²) >= 11 is 0. The van der Waals surface area contributed by atoms with Crippen molar-refractivity contribution in [3.8, 4) is 0 Å². The third kappa shape index (κ3) is 1.50. The van der Waals surface area contributed by atoms with Crippen LogP contribution < -0.4 is 5.84 Å². The van der Waals surface area contributed by atoms with Crippen LogP contribution in [0.1, 0.15) is 13.3 Å². The lowest BCUT2D eigenvalue weighted by atomic mass is 10.1. The number of hydrogen-bond donors (Lipinski definition) is 1. The first-order valence-electron chi connectivity index (χ1n) is 3.20. The molecule has 0 aromatic carbocycles. The van der Waals surface area contributed by atoms with Crippen LogP contribution >= 0.6 is 0 Å². The summed E-state index contributed by atoms with van der Waals surface area (Å²) in [4.78, 5) is 10.7. The smallest absolute Gasteiger partial charge is 0.134 e. The first-order valence-corrected chi connectivity index (χ1v) is 3.20. The molecular weight excluding hydrogens is 116 g/mol. The molecule has 1 aliphatic heterocycles. The van der Waals surface area contributed by atoms with Crippen LogP contribution in [0.5, 0.6) is 0 Å². The topological polar surface area (TPSA) is 46.3 Å². The van der Waals surface area contributed by atoms with Crippen LogP contribution in [-0.4, -0.2) is 23.9 Å². The van der Waals surface area contributed by atoms with Gasteiger partial charge in [0.15, 0.2) is 0 Å². The van der Waals surface area contributed by atoms with Crippen molar-refractivity contribution in [3.63, 3.8) is 0 Å². The molecule has 9 heavy (non-hydrogen) atoms. The highest BCUT2D eigenvalue weighted by Crippen LogP contribution is 2.12. The van der Waals surface area contributed by atoms with E-state index >= 15 is 0 Å². The standard InChI is InChI=1S/C6H12N2O/c1-5(9)6-2-3-8(7)4-6/h6H,2-4,7H2,1H3. The zero-order valence-electron chi connectivity index (χ0n) is 5.63. The van der Waals surface area contributed by atoms with E-state index in [1.54, 1.807) is 11.9 Å². The molecule has 0 saturated carbocycles. The Labute approximate surface area is 54.8 Å². The molecule has 0 aromatic heterocycles. The number of nitrogens with zero attached hydrogens (tertiary/aromatic N) is 1. The maximum Gasteiger partial charge on any atom is 0.134 e. The average Bonchev–Trinajstić information content (AvgIpc) is 2.14. The normalized spacial score (nSPS) is 28.9. The summed E-state index contributed by atoms with van der Waals surface area (Å²) in [5.74, 6) is 5.91. The number of hydrogen-bond acceptors (Lipinski definition) is 3. The van der Waals surface area contributed by atoms with Crippen molar-refractivity contribution < 1.29 is 4.79 Å². The molecule has 1 rings (SSSR count). The second-order valence-electron chi connectivity index (χ2n) is 2.59. The van der Waals surface area contributed by atoms with Crippen molar-refractivity contribution >= 4 is 5.78 Å². The molecule has 3 nitrogen and oxygen atoms in total. The molecule has 0 aliphatic carbocycles. The Bertz CT molecular complexity index is 124. The maximum atomic E-state index is 10.7. The molecule has 52 valence electrons. The van der Waals surface area contributed by atoms with Gasteiger partial charge in [0.1, 0.15) is 5.78 Å². The highest BCUT2D eigenvalue weighted by molar-refractivity contribution is 5.78. The Morgan fingerprint density at radius 1 is 1.78 bits per heavy atom. The quantitative estimate of drug-likeness (QED) is 0.496. The van der Waals surface area contributed by atoms with E-state index in [0.717, 1.165) is 19.5 Å². The van der Waals surface area contributed by atoms with Gasteiger partial charge in [0.25, 0.3) is 0 Å². The molecule has 0 amide bonds. The van der Waals surface area contributed by atoms with Gasteiger partial charge in [-0.3, -0.25) is 10.6 Å². The van der Waals surface area contributed by atoms with E-state index in [1.807, 2.05) is 0 Å². The van der Waals surface area contributed by atoms with E-state index in [2.05, 4.69) is 0 Å². The monoisotopic (exact) mass is 128 g/mol. The second-order valence-corrected chi connectivity index (χ2v) is 2.59. The van der Waals surface area contributed by atoms with Gasteiger partial charge in [-0.25, -0.2) is 5.01 Å². The number of hydrazine groups is 1. The van der Waals surface area contributed by atoms with Crippen molar-refractivity contribution in [2.45, 2.75) is 13.3 Å². The van der Waals surface area contributed by atoms with Gasteiger partial charge in [0, 0.05) is 19.0 Å². The minimum absolute atomic E-state index is 0.204. The summed E-state index contributed by atoms with van der Waals surface area (Å²) in [6.07, 6.45) is 0.936. The van der Waals surface area contributed by atoms with Crippen LogP contribution in [-0.2, 0) is 4.79 Å². The summed E-state index contributed by atoms with van der Waals surface area (Å²) in [5.41, 5.74) is 0. The number of Topliss-reactive ketones (excluding diaryl/α,β-unsaturated/α-hetero) is 1. The van der Waals surface area contributed by atoms with Crippen molar-refractivity contribution in [1.82, 2.24) is 5.01 Å². The maximum absolute atomic E-state index is 10.7. The molecular formula is C6H12N2O. The van der Waals surface area contributed by atoms with E-state index < -0.39 is 0 Å². The van der Waals surface area contributed by atoms with E-state index in [9.17, 15) is 4.79 Å². The van der Waals surface area contributed by atoms with Gasteiger partial charge < -0.3 is 0 Å². The van der Waals surface area contributed by atoms with Crippen LogP contribution in [0, 0.1) is 5.92 Å². The Hall–Kier alpha value is -0.410.